The van der Waals surface area contributed by atoms with Gasteiger partial charge in [-0.3, -0.25) is 4.79 Å². The quantitative estimate of drug-likeness (QED) is 0.833. The summed E-state index contributed by atoms with van der Waals surface area (Å²) in [6, 6.07) is 2.04. The number of aromatic nitrogens is 2. The second-order valence-corrected chi connectivity index (χ2v) is 7.79. The first-order valence-electron chi connectivity index (χ1n) is 9.30. The van der Waals surface area contributed by atoms with E-state index in [1.807, 2.05) is 6.07 Å². The monoisotopic (exact) mass is 345 g/mol. The summed E-state index contributed by atoms with van der Waals surface area (Å²) in [5.74, 6) is 3.10. The maximum atomic E-state index is 11.6. The van der Waals surface area contributed by atoms with Crippen molar-refractivity contribution in [2.75, 3.05) is 30.3 Å². The minimum absolute atomic E-state index is 0.0295. The van der Waals surface area contributed by atoms with Crippen LogP contribution in [-0.2, 0) is 9.53 Å². The highest BCUT2D eigenvalue weighted by Crippen LogP contribution is 2.40. The molecule has 0 aromatic carbocycles. The van der Waals surface area contributed by atoms with E-state index in [1.165, 1.54) is 12.8 Å². The Morgan fingerprint density at radius 2 is 2.12 bits per heavy atom. The molecular weight excluding hydrogens is 318 g/mol. The van der Waals surface area contributed by atoms with Gasteiger partial charge in [0.25, 0.3) is 0 Å². The zero-order valence-corrected chi connectivity index (χ0v) is 14.7. The molecule has 25 heavy (non-hydrogen) atoms. The van der Waals surface area contributed by atoms with E-state index < -0.39 is 0 Å². The van der Waals surface area contributed by atoms with Crippen LogP contribution in [-0.4, -0.2) is 47.7 Å². The Kier molecular flexibility index (Phi) is 4.50. The van der Waals surface area contributed by atoms with Crippen molar-refractivity contribution in [1.29, 1.82) is 0 Å². The van der Waals surface area contributed by atoms with Crippen molar-refractivity contribution in [3.8, 4) is 0 Å². The van der Waals surface area contributed by atoms with E-state index in [0.717, 1.165) is 44.3 Å². The van der Waals surface area contributed by atoms with Crippen molar-refractivity contribution in [3.05, 3.63) is 12.3 Å². The van der Waals surface area contributed by atoms with Crippen LogP contribution in [0.3, 0.4) is 0 Å². The van der Waals surface area contributed by atoms with E-state index in [9.17, 15) is 4.79 Å². The summed E-state index contributed by atoms with van der Waals surface area (Å²) in [6.07, 6.45) is 6.37. The molecule has 0 radical (unpaired) electrons. The number of carbonyl (C=O) groups is 1. The highest BCUT2D eigenvalue weighted by atomic mass is 16.5. The number of rotatable bonds is 5. The molecule has 2 heterocycles. The van der Waals surface area contributed by atoms with Gasteiger partial charge in [0, 0.05) is 32.8 Å². The van der Waals surface area contributed by atoms with Crippen LogP contribution in [0.2, 0.25) is 0 Å². The average molecular weight is 345 g/mol. The number of nitrogens with one attached hydrogen (secondary N) is 1. The minimum Gasteiger partial charge on any atom is -0.376 e. The van der Waals surface area contributed by atoms with Crippen LogP contribution in [0.25, 0.3) is 0 Å². The largest absolute Gasteiger partial charge is 0.376 e. The Labute approximate surface area is 148 Å². The highest BCUT2D eigenvalue weighted by molar-refractivity contribution is 5.73. The topological polar surface area (TPSA) is 93.4 Å². The van der Waals surface area contributed by atoms with E-state index in [4.69, 9.17) is 10.5 Å². The smallest absolute Gasteiger partial charge is 0.221 e. The molecule has 3 N–H and O–H groups in total. The predicted octanol–water partition coefficient (Wildman–Crippen LogP) is 1.20. The van der Waals surface area contributed by atoms with Crippen LogP contribution in [0, 0.1) is 17.8 Å². The third-order valence-corrected chi connectivity index (χ3v) is 5.73. The zero-order chi connectivity index (χ0) is 17.4. The molecule has 1 aromatic heterocycles. The molecule has 0 unspecified atom stereocenters. The maximum Gasteiger partial charge on any atom is 0.221 e. The van der Waals surface area contributed by atoms with Crippen molar-refractivity contribution in [1.82, 2.24) is 15.3 Å². The molecule has 1 amide bonds. The molecule has 7 heteroatoms. The van der Waals surface area contributed by atoms with Gasteiger partial charge in [-0.05, 0) is 49.5 Å². The van der Waals surface area contributed by atoms with Gasteiger partial charge in [-0.2, -0.15) is 4.98 Å². The van der Waals surface area contributed by atoms with Crippen LogP contribution in [0.5, 0.6) is 0 Å². The SMILES string of the molecule is CC(=O)N[C@@H]1C[C@@H]2CN(c3ccnc(N)n3)C[C@@H]2C[C@H]1OCC1CC1. The zero-order valence-electron chi connectivity index (χ0n) is 14.7. The van der Waals surface area contributed by atoms with Crippen LogP contribution in [0.4, 0.5) is 11.8 Å². The Bertz CT molecular complexity index is 636. The third kappa shape index (κ3) is 3.86. The van der Waals surface area contributed by atoms with Crippen molar-refractivity contribution in [2.45, 2.75) is 44.8 Å². The molecule has 4 atom stereocenters. The van der Waals surface area contributed by atoms with Gasteiger partial charge < -0.3 is 20.7 Å². The van der Waals surface area contributed by atoms with Crippen molar-refractivity contribution in [3.63, 3.8) is 0 Å². The van der Waals surface area contributed by atoms with Crippen molar-refractivity contribution >= 4 is 17.7 Å². The summed E-state index contributed by atoms with van der Waals surface area (Å²) in [4.78, 5) is 22.2. The molecule has 4 rings (SSSR count). The normalized spacial score (nSPS) is 31.6. The Hall–Kier alpha value is -1.89. The summed E-state index contributed by atoms with van der Waals surface area (Å²) in [7, 11) is 0. The number of nitrogen functional groups attached to an aromatic ring is 1. The third-order valence-electron chi connectivity index (χ3n) is 5.73. The molecule has 136 valence electrons. The van der Waals surface area contributed by atoms with E-state index in [2.05, 4.69) is 20.2 Å². The molecular formula is C18H27N5O2. The number of nitrogens with zero attached hydrogens (tertiary/aromatic N) is 3. The number of carbonyl (C=O) groups excluding carboxylic acids is 1. The van der Waals surface area contributed by atoms with Crippen LogP contribution in [0.1, 0.15) is 32.6 Å². The molecule has 7 nitrogen and oxygen atoms in total. The predicted molar refractivity (Wildman–Crippen MR) is 94.9 cm³/mol. The van der Waals surface area contributed by atoms with Gasteiger partial charge in [-0.1, -0.05) is 0 Å². The van der Waals surface area contributed by atoms with Crippen LogP contribution < -0.4 is 16.0 Å². The van der Waals surface area contributed by atoms with Gasteiger partial charge in [-0.15, -0.1) is 0 Å². The van der Waals surface area contributed by atoms with E-state index in [1.54, 1.807) is 13.1 Å². The lowest BCUT2D eigenvalue weighted by Crippen LogP contribution is -2.50. The van der Waals surface area contributed by atoms with Gasteiger partial charge >= 0.3 is 0 Å². The molecule has 1 aliphatic heterocycles. The molecule has 3 fully saturated rings. The standard InChI is InChI=1S/C18H27N5O2/c1-11(24)21-15-6-13-8-23(17-4-5-20-18(19)22-17)9-14(13)7-16(15)25-10-12-2-3-12/h4-5,12-16H,2-3,6-10H2,1H3,(H,21,24)(H2,19,20,22)/t13-,14+,15-,16-/m1/s1. The number of amides is 1. The second-order valence-electron chi connectivity index (χ2n) is 7.79. The molecule has 0 bridgehead atoms. The Morgan fingerprint density at radius 1 is 1.36 bits per heavy atom. The summed E-state index contributed by atoms with van der Waals surface area (Å²) < 4.78 is 6.21. The lowest BCUT2D eigenvalue weighted by Gasteiger charge is -2.38. The fourth-order valence-electron chi connectivity index (χ4n) is 4.28. The van der Waals surface area contributed by atoms with E-state index in [0.29, 0.717) is 17.8 Å². The first-order chi connectivity index (χ1) is 12.1. The lowest BCUT2D eigenvalue weighted by molar-refractivity contribution is -0.122. The number of ether oxygens (including phenoxy) is 1. The number of hydrogen-bond donors (Lipinski definition) is 2. The maximum absolute atomic E-state index is 11.6. The van der Waals surface area contributed by atoms with E-state index >= 15 is 0 Å². The molecule has 3 aliphatic rings. The number of fused-ring (bicyclic) bond motifs is 1. The van der Waals surface area contributed by atoms with Gasteiger partial charge in [-0.25, -0.2) is 4.98 Å². The number of hydrogen-bond acceptors (Lipinski definition) is 6. The van der Waals surface area contributed by atoms with Gasteiger partial charge in [0.05, 0.1) is 12.1 Å². The second kappa shape index (κ2) is 6.78. The minimum atomic E-state index is 0.0295. The molecule has 1 saturated heterocycles. The summed E-state index contributed by atoms with van der Waals surface area (Å²) >= 11 is 0. The van der Waals surface area contributed by atoms with Gasteiger partial charge in [0.2, 0.25) is 11.9 Å². The molecule has 1 aromatic rings. The average Bonchev–Trinajstić information content (AvgIpc) is 3.30. The van der Waals surface area contributed by atoms with Crippen molar-refractivity contribution in [2.24, 2.45) is 17.8 Å². The number of anilines is 2. The molecule has 2 aliphatic carbocycles. The summed E-state index contributed by atoms with van der Waals surface area (Å²) in [5.41, 5.74) is 5.73. The summed E-state index contributed by atoms with van der Waals surface area (Å²) in [5, 5.41) is 3.12. The Balaban J connectivity index is 1.44. The first kappa shape index (κ1) is 16.6. The highest BCUT2D eigenvalue weighted by Gasteiger charge is 2.43. The molecule has 0 spiro atoms. The lowest BCUT2D eigenvalue weighted by atomic mass is 9.77. The first-order valence-corrected chi connectivity index (χ1v) is 9.30. The fraction of sp³-hybridized carbons (Fsp3) is 0.722. The van der Waals surface area contributed by atoms with Crippen LogP contribution >= 0.6 is 0 Å². The van der Waals surface area contributed by atoms with Crippen LogP contribution in [0.15, 0.2) is 12.3 Å². The summed E-state index contributed by atoms with van der Waals surface area (Å²) in [6.45, 7) is 4.35. The fourth-order valence-corrected chi connectivity index (χ4v) is 4.28. The number of nitrogens with two attached hydrogens (primary N) is 1. The van der Waals surface area contributed by atoms with Gasteiger partial charge in [0.15, 0.2) is 0 Å². The van der Waals surface area contributed by atoms with Gasteiger partial charge in [0.1, 0.15) is 5.82 Å². The Morgan fingerprint density at radius 3 is 2.80 bits per heavy atom. The van der Waals surface area contributed by atoms with E-state index in [-0.39, 0.29) is 18.1 Å². The van der Waals surface area contributed by atoms with Crippen molar-refractivity contribution < 1.29 is 9.53 Å². The molecule has 2 saturated carbocycles.